The number of benzene rings is 1. The number of furan rings is 1. The van der Waals surface area contributed by atoms with Gasteiger partial charge in [0.05, 0.1) is 12.7 Å². The molecule has 0 radical (unpaired) electrons. The van der Waals surface area contributed by atoms with Crippen molar-refractivity contribution in [3.63, 3.8) is 0 Å². The molecule has 17 heavy (non-hydrogen) atoms. The van der Waals surface area contributed by atoms with Crippen LogP contribution in [-0.2, 0) is 10.2 Å². The van der Waals surface area contributed by atoms with Crippen molar-refractivity contribution in [1.29, 1.82) is 0 Å². The number of hydrogen-bond donors (Lipinski definition) is 1. The molecule has 0 bridgehead atoms. The van der Waals surface area contributed by atoms with Crippen LogP contribution >= 0.6 is 11.6 Å². The summed E-state index contributed by atoms with van der Waals surface area (Å²) in [4.78, 5) is 10.9. The van der Waals surface area contributed by atoms with E-state index < -0.39 is 5.97 Å². The van der Waals surface area contributed by atoms with Crippen molar-refractivity contribution in [3.8, 4) is 0 Å². The average molecular weight is 251 g/mol. The quantitative estimate of drug-likeness (QED) is 0.906. The molecular formula is C13H11ClO3. The van der Waals surface area contributed by atoms with E-state index in [1.165, 1.54) is 0 Å². The Morgan fingerprint density at radius 1 is 1.41 bits per heavy atom. The maximum absolute atomic E-state index is 10.9. The summed E-state index contributed by atoms with van der Waals surface area (Å²) in [6, 6.07) is 5.46. The maximum Gasteiger partial charge on any atom is 0.304 e. The van der Waals surface area contributed by atoms with Gasteiger partial charge >= 0.3 is 5.97 Å². The van der Waals surface area contributed by atoms with E-state index >= 15 is 0 Å². The van der Waals surface area contributed by atoms with Crippen molar-refractivity contribution >= 4 is 28.5 Å². The van der Waals surface area contributed by atoms with Crippen LogP contribution in [0.25, 0.3) is 11.0 Å². The van der Waals surface area contributed by atoms with Crippen LogP contribution < -0.4 is 0 Å². The molecule has 1 aromatic heterocycles. The van der Waals surface area contributed by atoms with Crippen LogP contribution in [0.4, 0.5) is 0 Å². The zero-order chi connectivity index (χ0) is 12.0. The molecule has 0 saturated heterocycles. The molecule has 0 aliphatic heterocycles. The first-order valence-electron chi connectivity index (χ1n) is 5.50. The van der Waals surface area contributed by atoms with Crippen LogP contribution in [0, 0.1) is 0 Å². The van der Waals surface area contributed by atoms with E-state index in [1.807, 2.05) is 12.1 Å². The highest BCUT2D eigenvalue weighted by molar-refractivity contribution is 6.32. The number of fused-ring (bicyclic) bond motifs is 1. The van der Waals surface area contributed by atoms with E-state index in [0.717, 1.165) is 29.4 Å². The fourth-order valence-electron chi connectivity index (χ4n) is 2.51. The van der Waals surface area contributed by atoms with E-state index in [4.69, 9.17) is 21.1 Å². The van der Waals surface area contributed by atoms with Gasteiger partial charge in [-0.3, -0.25) is 4.79 Å². The van der Waals surface area contributed by atoms with Gasteiger partial charge in [0.15, 0.2) is 0 Å². The van der Waals surface area contributed by atoms with Gasteiger partial charge in [-0.25, -0.2) is 0 Å². The third kappa shape index (κ3) is 1.62. The van der Waals surface area contributed by atoms with Gasteiger partial charge in [0.25, 0.3) is 0 Å². The Morgan fingerprint density at radius 3 is 2.82 bits per heavy atom. The zero-order valence-electron chi connectivity index (χ0n) is 9.07. The largest absolute Gasteiger partial charge is 0.481 e. The first-order chi connectivity index (χ1) is 8.12. The Kier molecular flexibility index (Phi) is 2.20. The third-order valence-corrected chi connectivity index (χ3v) is 3.77. The number of carbonyl (C=O) groups is 1. The summed E-state index contributed by atoms with van der Waals surface area (Å²) in [7, 11) is 0. The molecule has 1 N–H and O–H groups in total. The summed E-state index contributed by atoms with van der Waals surface area (Å²) in [5, 5.41) is 10.6. The predicted molar refractivity (Wildman–Crippen MR) is 64.4 cm³/mol. The van der Waals surface area contributed by atoms with Gasteiger partial charge in [-0.2, -0.15) is 0 Å². The minimum atomic E-state index is -0.779. The fraction of sp³-hybridized carbons (Fsp3) is 0.308. The van der Waals surface area contributed by atoms with Gasteiger partial charge in [0.1, 0.15) is 5.58 Å². The van der Waals surface area contributed by atoms with E-state index in [9.17, 15) is 4.79 Å². The molecule has 3 rings (SSSR count). The molecular weight excluding hydrogens is 240 g/mol. The molecule has 4 heteroatoms. The maximum atomic E-state index is 10.9. The molecule has 0 atom stereocenters. The highest BCUT2D eigenvalue weighted by atomic mass is 35.5. The van der Waals surface area contributed by atoms with Gasteiger partial charge < -0.3 is 9.52 Å². The Balaban J connectivity index is 2.19. The smallest absolute Gasteiger partial charge is 0.304 e. The summed E-state index contributed by atoms with van der Waals surface area (Å²) in [6.45, 7) is 0. The second kappa shape index (κ2) is 3.50. The van der Waals surface area contributed by atoms with Crippen LogP contribution in [0.2, 0.25) is 5.02 Å². The molecule has 2 aromatic rings. The zero-order valence-corrected chi connectivity index (χ0v) is 9.83. The molecule has 0 spiro atoms. The van der Waals surface area contributed by atoms with Gasteiger partial charge in [-0.15, -0.1) is 0 Å². The first-order valence-corrected chi connectivity index (χ1v) is 5.88. The molecule has 0 unspecified atom stereocenters. The average Bonchev–Trinajstić information content (AvgIpc) is 2.87. The van der Waals surface area contributed by atoms with Crippen LogP contribution in [0.1, 0.15) is 24.8 Å². The Labute approximate surface area is 103 Å². The third-order valence-electron chi connectivity index (χ3n) is 3.46. The van der Waals surface area contributed by atoms with E-state index in [-0.39, 0.29) is 11.8 Å². The number of hydrogen-bond acceptors (Lipinski definition) is 2. The molecule has 1 fully saturated rings. The molecule has 88 valence electrons. The molecule has 1 aliphatic rings. The molecule has 0 amide bonds. The normalized spacial score (nSPS) is 17.2. The van der Waals surface area contributed by atoms with Crippen molar-refractivity contribution in [1.82, 2.24) is 0 Å². The van der Waals surface area contributed by atoms with Crippen molar-refractivity contribution in [2.75, 3.05) is 0 Å². The lowest BCUT2D eigenvalue weighted by Gasteiger charge is -2.15. The summed E-state index contributed by atoms with van der Waals surface area (Å²) in [5.74, 6) is -0.779. The van der Waals surface area contributed by atoms with Crippen molar-refractivity contribution in [2.45, 2.75) is 24.7 Å². The standard InChI is InChI=1S/C13H11ClO3/c14-9-1-2-10-8(3-6-17-10)12(9)13(4-5-13)7-11(15)16/h1-3,6H,4-5,7H2,(H,15,16). The van der Waals surface area contributed by atoms with Crippen LogP contribution in [0.3, 0.4) is 0 Å². The minimum absolute atomic E-state index is 0.136. The number of carboxylic acids is 1. The Morgan fingerprint density at radius 2 is 2.18 bits per heavy atom. The lowest BCUT2D eigenvalue weighted by atomic mass is 9.90. The predicted octanol–water partition coefficient (Wildman–Crippen LogP) is 3.59. The van der Waals surface area contributed by atoms with E-state index in [2.05, 4.69) is 0 Å². The summed E-state index contributed by atoms with van der Waals surface area (Å²) >= 11 is 6.23. The lowest BCUT2D eigenvalue weighted by Crippen LogP contribution is -2.13. The topological polar surface area (TPSA) is 50.4 Å². The van der Waals surface area contributed by atoms with Crippen molar-refractivity contribution in [2.24, 2.45) is 0 Å². The van der Waals surface area contributed by atoms with Gasteiger partial charge in [-0.1, -0.05) is 11.6 Å². The Hall–Kier alpha value is -1.48. The van der Waals surface area contributed by atoms with Gasteiger partial charge in [0, 0.05) is 15.8 Å². The SMILES string of the molecule is O=C(O)CC1(c2c(Cl)ccc3occc23)CC1. The monoisotopic (exact) mass is 250 g/mol. The minimum Gasteiger partial charge on any atom is -0.481 e. The summed E-state index contributed by atoms with van der Waals surface area (Å²) < 4.78 is 5.34. The Bertz CT molecular complexity index is 596. The van der Waals surface area contributed by atoms with Crippen molar-refractivity contribution < 1.29 is 14.3 Å². The highest BCUT2D eigenvalue weighted by Crippen LogP contribution is 2.55. The summed E-state index contributed by atoms with van der Waals surface area (Å²) in [6.07, 6.45) is 3.50. The van der Waals surface area contributed by atoms with Crippen LogP contribution in [0.15, 0.2) is 28.9 Å². The molecule has 1 saturated carbocycles. The molecule has 1 aromatic carbocycles. The summed E-state index contributed by atoms with van der Waals surface area (Å²) in [5.41, 5.74) is 1.42. The number of rotatable bonds is 3. The number of halogens is 1. The second-order valence-corrected chi connectivity index (χ2v) is 5.01. The van der Waals surface area contributed by atoms with Crippen LogP contribution in [0.5, 0.6) is 0 Å². The number of aliphatic carboxylic acids is 1. The first kappa shape index (κ1) is 10.7. The van der Waals surface area contributed by atoms with Gasteiger partial charge in [-0.05, 0) is 36.6 Å². The van der Waals surface area contributed by atoms with Crippen LogP contribution in [-0.4, -0.2) is 11.1 Å². The lowest BCUT2D eigenvalue weighted by molar-refractivity contribution is -0.137. The molecule has 3 nitrogen and oxygen atoms in total. The van der Waals surface area contributed by atoms with E-state index in [0.29, 0.717) is 5.02 Å². The second-order valence-electron chi connectivity index (χ2n) is 4.61. The molecule has 1 heterocycles. The number of carboxylic acid groups (broad SMARTS) is 1. The van der Waals surface area contributed by atoms with Gasteiger partial charge in [0.2, 0.25) is 0 Å². The van der Waals surface area contributed by atoms with Crippen molar-refractivity contribution in [3.05, 3.63) is 35.0 Å². The van der Waals surface area contributed by atoms with E-state index in [1.54, 1.807) is 12.3 Å². The molecule has 1 aliphatic carbocycles. The highest BCUT2D eigenvalue weighted by Gasteiger charge is 2.48. The fourth-order valence-corrected chi connectivity index (χ4v) is 2.88.